The molecule has 0 spiro atoms. The minimum absolute atomic E-state index is 0.146. The Morgan fingerprint density at radius 1 is 1.33 bits per heavy atom. The zero-order valence-electron chi connectivity index (χ0n) is 11.6. The van der Waals surface area contributed by atoms with Gasteiger partial charge in [-0.05, 0) is 37.1 Å². The molecule has 1 fully saturated rings. The molecule has 0 unspecified atom stereocenters. The van der Waals surface area contributed by atoms with Crippen LogP contribution in [0.3, 0.4) is 0 Å². The van der Waals surface area contributed by atoms with Crippen LogP contribution in [0.4, 0.5) is 0 Å². The van der Waals surface area contributed by atoms with Crippen LogP contribution in [0.15, 0.2) is 22.2 Å². The number of nitrogens with zero attached hydrogens (tertiary/aromatic N) is 1. The van der Waals surface area contributed by atoms with E-state index in [0.29, 0.717) is 6.04 Å². The number of nitrogens with one attached hydrogen (secondary N) is 1. The fourth-order valence-corrected chi connectivity index (χ4v) is 4.23. The number of carboxylic acids is 1. The topological polar surface area (TPSA) is 62.2 Å². The Labute approximate surface area is 131 Å². The maximum atomic E-state index is 10.9. The Morgan fingerprint density at radius 3 is 2.81 bits per heavy atom. The van der Waals surface area contributed by atoms with Gasteiger partial charge >= 0.3 is 5.97 Å². The second-order valence-corrected chi connectivity index (χ2v) is 7.06. The highest BCUT2D eigenvalue weighted by Crippen LogP contribution is 2.27. The van der Waals surface area contributed by atoms with Gasteiger partial charge in [-0.25, -0.2) is 4.98 Å². The average Bonchev–Trinajstić information content (AvgIpc) is 3.16. The molecule has 2 aromatic rings. The van der Waals surface area contributed by atoms with Gasteiger partial charge in [0.2, 0.25) is 0 Å². The van der Waals surface area contributed by atoms with Crippen LogP contribution in [0.25, 0.3) is 10.6 Å². The van der Waals surface area contributed by atoms with Crippen molar-refractivity contribution in [2.45, 2.75) is 38.3 Å². The van der Waals surface area contributed by atoms with Crippen LogP contribution in [0.1, 0.15) is 31.4 Å². The molecule has 3 rings (SSSR count). The number of thiazole rings is 1. The number of carbonyl (C=O) groups is 1. The molecule has 21 heavy (non-hydrogen) atoms. The summed E-state index contributed by atoms with van der Waals surface area (Å²) in [6.07, 6.45) is 3.45. The molecule has 1 saturated carbocycles. The van der Waals surface area contributed by atoms with Gasteiger partial charge in [0.05, 0.1) is 11.6 Å². The molecule has 0 bridgehead atoms. The van der Waals surface area contributed by atoms with Gasteiger partial charge < -0.3 is 10.4 Å². The predicted octanol–water partition coefficient (Wildman–Crippen LogP) is 3.60. The summed E-state index contributed by atoms with van der Waals surface area (Å²) < 4.78 is 0. The van der Waals surface area contributed by atoms with Crippen molar-refractivity contribution in [3.63, 3.8) is 0 Å². The molecule has 112 valence electrons. The van der Waals surface area contributed by atoms with Crippen molar-refractivity contribution in [3.05, 3.63) is 27.9 Å². The molecule has 2 heterocycles. The van der Waals surface area contributed by atoms with E-state index in [4.69, 9.17) is 5.11 Å². The number of hydrogen-bond acceptors (Lipinski definition) is 5. The summed E-state index contributed by atoms with van der Waals surface area (Å²) >= 11 is 3.36. The summed E-state index contributed by atoms with van der Waals surface area (Å²) in [7, 11) is 0. The van der Waals surface area contributed by atoms with Gasteiger partial charge in [0.15, 0.2) is 0 Å². The molecular weight excluding hydrogens is 304 g/mol. The lowest BCUT2D eigenvalue weighted by Crippen LogP contribution is -2.34. The average molecular weight is 322 g/mol. The van der Waals surface area contributed by atoms with Gasteiger partial charge in [-0.1, -0.05) is 0 Å². The van der Waals surface area contributed by atoms with Crippen LogP contribution < -0.4 is 5.32 Å². The quantitative estimate of drug-likeness (QED) is 0.883. The van der Waals surface area contributed by atoms with Gasteiger partial charge in [-0.2, -0.15) is 11.3 Å². The Kier molecular flexibility index (Phi) is 4.67. The Balaban J connectivity index is 1.49. The lowest BCUT2D eigenvalue weighted by molar-refractivity contribution is -0.142. The monoisotopic (exact) mass is 322 g/mol. The number of carboxylic acid groups (broad SMARTS) is 1. The Hall–Kier alpha value is -1.24. The van der Waals surface area contributed by atoms with Gasteiger partial charge in [0.1, 0.15) is 5.01 Å². The zero-order valence-corrected chi connectivity index (χ0v) is 13.3. The van der Waals surface area contributed by atoms with Gasteiger partial charge in [0, 0.05) is 28.9 Å². The molecule has 0 amide bonds. The van der Waals surface area contributed by atoms with E-state index in [0.717, 1.165) is 42.9 Å². The summed E-state index contributed by atoms with van der Waals surface area (Å²) in [5.74, 6) is -0.791. The van der Waals surface area contributed by atoms with Crippen molar-refractivity contribution in [1.82, 2.24) is 10.3 Å². The van der Waals surface area contributed by atoms with Gasteiger partial charge in [0.25, 0.3) is 0 Å². The summed E-state index contributed by atoms with van der Waals surface area (Å²) in [6, 6.07) is 2.51. The van der Waals surface area contributed by atoms with Crippen LogP contribution in [0, 0.1) is 5.92 Å². The van der Waals surface area contributed by atoms with Crippen molar-refractivity contribution >= 4 is 28.6 Å². The molecule has 0 aromatic carbocycles. The third-order valence-corrected chi connectivity index (χ3v) is 5.59. The van der Waals surface area contributed by atoms with Crippen molar-refractivity contribution < 1.29 is 9.90 Å². The lowest BCUT2D eigenvalue weighted by Gasteiger charge is -2.26. The maximum absolute atomic E-state index is 10.9. The SMILES string of the molecule is O=C(O)C1CCC(NCc2csc(-c3ccsc3)n2)CC1. The standard InChI is InChI=1S/C15H18N2O2S2/c18-15(19)10-1-3-12(4-2-10)16-7-13-9-21-14(17-13)11-5-6-20-8-11/h5-6,8-10,12,16H,1-4,7H2,(H,18,19). The van der Waals surface area contributed by atoms with E-state index in [2.05, 4.69) is 32.5 Å². The Morgan fingerprint density at radius 2 is 2.14 bits per heavy atom. The van der Waals surface area contributed by atoms with Crippen molar-refractivity contribution in [2.75, 3.05) is 0 Å². The van der Waals surface area contributed by atoms with E-state index in [1.165, 1.54) is 5.56 Å². The molecule has 1 aliphatic rings. The number of aliphatic carboxylic acids is 1. The maximum Gasteiger partial charge on any atom is 0.306 e. The van der Waals surface area contributed by atoms with E-state index in [1.807, 2.05) is 0 Å². The fraction of sp³-hybridized carbons (Fsp3) is 0.467. The zero-order chi connectivity index (χ0) is 14.7. The van der Waals surface area contributed by atoms with E-state index in [-0.39, 0.29) is 5.92 Å². The van der Waals surface area contributed by atoms with Crippen molar-refractivity contribution in [2.24, 2.45) is 5.92 Å². The first-order chi connectivity index (χ1) is 10.2. The normalized spacial score (nSPS) is 22.3. The molecule has 4 nitrogen and oxygen atoms in total. The fourth-order valence-electron chi connectivity index (χ4n) is 2.70. The number of hydrogen-bond donors (Lipinski definition) is 2. The molecule has 2 N–H and O–H groups in total. The highest BCUT2D eigenvalue weighted by atomic mass is 32.1. The number of aromatic nitrogens is 1. The van der Waals surface area contributed by atoms with Crippen molar-refractivity contribution in [1.29, 1.82) is 0 Å². The minimum atomic E-state index is -0.645. The van der Waals surface area contributed by atoms with E-state index in [9.17, 15) is 4.79 Å². The summed E-state index contributed by atoms with van der Waals surface area (Å²) in [5, 5.41) is 19.9. The molecule has 0 atom stereocenters. The Bertz CT molecular complexity index is 587. The molecule has 1 aliphatic carbocycles. The third-order valence-electron chi connectivity index (χ3n) is 3.97. The lowest BCUT2D eigenvalue weighted by atomic mass is 9.86. The van der Waals surface area contributed by atoms with Crippen LogP contribution in [-0.4, -0.2) is 22.1 Å². The first-order valence-electron chi connectivity index (χ1n) is 7.15. The van der Waals surface area contributed by atoms with E-state index in [1.54, 1.807) is 22.7 Å². The van der Waals surface area contributed by atoms with E-state index >= 15 is 0 Å². The van der Waals surface area contributed by atoms with Gasteiger partial charge in [-0.15, -0.1) is 11.3 Å². The summed E-state index contributed by atoms with van der Waals surface area (Å²) in [4.78, 5) is 15.6. The van der Waals surface area contributed by atoms with Crippen LogP contribution >= 0.6 is 22.7 Å². The molecule has 2 aromatic heterocycles. The first kappa shape index (κ1) is 14.7. The molecule has 6 heteroatoms. The molecule has 0 radical (unpaired) electrons. The van der Waals surface area contributed by atoms with E-state index < -0.39 is 5.97 Å². The highest BCUT2D eigenvalue weighted by molar-refractivity contribution is 7.14. The number of rotatable bonds is 5. The molecule has 0 saturated heterocycles. The summed E-state index contributed by atoms with van der Waals surface area (Å²) in [6.45, 7) is 0.767. The summed E-state index contributed by atoms with van der Waals surface area (Å²) in [5.41, 5.74) is 2.26. The van der Waals surface area contributed by atoms with Crippen LogP contribution in [-0.2, 0) is 11.3 Å². The first-order valence-corrected chi connectivity index (χ1v) is 8.98. The molecule has 0 aliphatic heterocycles. The third kappa shape index (κ3) is 3.70. The minimum Gasteiger partial charge on any atom is -0.481 e. The van der Waals surface area contributed by atoms with Crippen molar-refractivity contribution in [3.8, 4) is 10.6 Å². The second-order valence-electron chi connectivity index (χ2n) is 5.42. The smallest absolute Gasteiger partial charge is 0.306 e. The predicted molar refractivity (Wildman–Crippen MR) is 85.6 cm³/mol. The second kappa shape index (κ2) is 6.68. The molecular formula is C15H18N2O2S2. The van der Waals surface area contributed by atoms with Gasteiger partial charge in [-0.3, -0.25) is 4.79 Å². The van der Waals surface area contributed by atoms with Crippen LogP contribution in [0.5, 0.6) is 0 Å². The highest BCUT2D eigenvalue weighted by Gasteiger charge is 2.25. The van der Waals surface area contributed by atoms with Crippen LogP contribution in [0.2, 0.25) is 0 Å². The largest absolute Gasteiger partial charge is 0.481 e. The number of thiophene rings is 1.